The summed E-state index contributed by atoms with van der Waals surface area (Å²) in [5.41, 5.74) is -1.44. The zero-order valence-corrected chi connectivity index (χ0v) is 20.6. The lowest BCUT2D eigenvalue weighted by Crippen LogP contribution is -2.40. The van der Waals surface area contributed by atoms with Crippen LogP contribution in [-0.2, 0) is 10.4 Å². The largest absolute Gasteiger partial charge is 0.505 e. The Balaban J connectivity index is 1.76. The minimum atomic E-state index is -1.50. The van der Waals surface area contributed by atoms with E-state index in [1.807, 2.05) is 0 Å². The molecule has 0 fully saturated rings. The minimum Gasteiger partial charge on any atom is -0.505 e. The number of benzene rings is 3. The van der Waals surface area contributed by atoms with Crippen molar-refractivity contribution in [3.8, 4) is 23.6 Å². The van der Waals surface area contributed by atoms with E-state index in [1.165, 1.54) is 12.1 Å². The number of nitrogens with zero attached hydrogens (tertiary/aromatic N) is 3. The highest BCUT2D eigenvalue weighted by Gasteiger charge is 2.40. The minimum absolute atomic E-state index is 0.190. The second-order valence-corrected chi connectivity index (χ2v) is 9.04. The van der Waals surface area contributed by atoms with Crippen molar-refractivity contribution in [2.45, 2.75) is 12.5 Å². The molecule has 3 aromatic rings. The summed E-state index contributed by atoms with van der Waals surface area (Å²) < 4.78 is 6.15. The van der Waals surface area contributed by atoms with Crippen LogP contribution in [0.2, 0.25) is 15.1 Å². The van der Waals surface area contributed by atoms with Gasteiger partial charge >= 0.3 is 0 Å². The van der Waals surface area contributed by atoms with E-state index in [1.54, 1.807) is 55.5 Å². The van der Waals surface area contributed by atoms with Crippen LogP contribution >= 0.6 is 34.8 Å². The summed E-state index contributed by atoms with van der Waals surface area (Å²) in [7, 11) is 0. The molecule has 36 heavy (non-hydrogen) atoms. The van der Waals surface area contributed by atoms with Crippen LogP contribution in [0, 0.1) is 22.7 Å². The summed E-state index contributed by atoms with van der Waals surface area (Å²) in [6.45, 7) is 1.14. The topological polar surface area (TPSA) is 124 Å². The van der Waals surface area contributed by atoms with E-state index in [9.17, 15) is 25.2 Å². The highest BCUT2D eigenvalue weighted by molar-refractivity contribution is 6.44. The first-order valence-corrected chi connectivity index (χ1v) is 11.4. The number of hydroxylamine groups is 2. The van der Waals surface area contributed by atoms with Gasteiger partial charge in [-0.3, -0.25) is 14.4 Å². The number of nitriles is 2. The summed E-state index contributed by atoms with van der Waals surface area (Å²) in [5, 5.41) is 29.7. The Bertz CT molecular complexity index is 1460. The van der Waals surface area contributed by atoms with Gasteiger partial charge in [0.15, 0.2) is 17.1 Å². The number of hydrogen-bond acceptors (Lipinski definition) is 7. The molecular formula is C25H14Cl3N3O5. The molecule has 0 saturated heterocycles. The number of fused-ring (bicyclic) bond motifs is 1. The Hall–Kier alpha value is -3.79. The second-order valence-electron chi connectivity index (χ2n) is 7.84. The summed E-state index contributed by atoms with van der Waals surface area (Å²) in [6.07, 6.45) is 0. The van der Waals surface area contributed by atoms with E-state index in [-0.39, 0.29) is 32.5 Å². The molecule has 1 unspecified atom stereocenters. The molecule has 1 atom stereocenters. The van der Waals surface area contributed by atoms with Crippen molar-refractivity contribution < 1.29 is 24.3 Å². The van der Waals surface area contributed by atoms with E-state index < -0.39 is 35.3 Å². The van der Waals surface area contributed by atoms with Crippen LogP contribution in [0.1, 0.15) is 44.3 Å². The molecular weight excluding hydrogens is 529 g/mol. The van der Waals surface area contributed by atoms with Crippen molar-refractivity contribution >= 4 is 46.6 Å². The predicted molar refractivity (Wildman–Crippen MR) is 130 cm³/mol. The number of rotatable bonds is 6. The van der Waals surface area contributed by atoms with Crippen LogP contribution in [-0.4, -0.2) is 28.6 Å². The number of hydrogen-bond donors (Lipinski definition) is 1. The monoisotopic (exact) mass is 541 g/mol. The number of halogens is 3. The van der Waals surface area contributed by atoms with Crippen molar-refractivity contribution in [1.29, 1.82) is 10.5 Å². The number of phenolic OH excluding ortho intramolecular Hbond substituents is 1. The van der Waals surface area contributed by atoms with E-state index in [0.29, 0.717) is 15.6 Å². The standard InChI is InChI=1S/C25H14Cl3N3O5/c1-25(13-6-8-14(26)9-7-13,12-35-31-23(33)15-4-2-3-5-16(15)24(31)34)36-22-18(11-30)17(10-29)21(32)19(27)20(22)28/h2-9,32H,12H2,1H3. The zero-order valence-electron chi connectivity index (χ0n) is 18.4. The van der Waals surface area contributed by atoms with Crippen molar-refractivity contribution in [1.82, 2.24) is 5.06 Å². The Morgan fingerprint density at radius 2 is 1.47 bits per heavy atom. The van der Waals surface area contributed by atoms with Gasteiger partial charge in [-0.05, 0) is 36.8 Å². The first-order valence-electron chi connectivity index (χ1n) is 10.2. The van der Waals surface area contributed by atoms with Gasteiger partial charge in [0.2, 0.25) is 0 Å². The van der Waals surface area contributed by atoms with E-state index in [4.69, 9.17) is 44.4 Å². The van der Waals surface area contributed by atoms with Crippen LogP contribution in [0.25, 0.3) is 0 Å². The molecule has 3 aromatic carbocycles. The van der Waals surface area contributed by atoms with Gasteiger partial charge < -0.3 is 9.84 Å². The van der Waals surface area contributed by atoms with Gasteiger partial charge in [-0.25, -0.2) is 0 Å². The number of amides is 2. The first-order chi connectivity index (χ1) is 17.1. The maximum Gasteiger partial charge on any atom is 0.285 e. The normalized spacial score (nSPS) is 14.1. The van der Waals surface area contributed by atoms with Crippen LogP contribution in [0.5, 0.6) is 11.5 Å². The van der Waals surface area contributed by atoms with Crippen LogP contribution in [0.3, 0.4) is 0 Å². The summed E-state index contributed by atoms with van der Waals surface area (Å²) >= 11 is 18.4. The molecule has 0 bridgehead atoms. The third-order valence-electron chi connectivity index (χ3n) is 5.55. The fraction of sp³-hybridized carbons (Fsp3) is 0.120. The molecule has 0 aliphatic carbocycles. The maximum atomic E-state index is 12.8. The number of carbonyl (C=O) groups is 2. The van der Waals surface area contributed by atoms with Gasteiger partial charge in [-0.15, -0.1) is 5.06 Å². The van der Waals surface area contributed by atoms with E-state index in [0.717, 1.165) is 0 Å². The first kappa shape index (κ1) is 25.3. The van der Waals surface area contributed by atoms with Crippen molar-refractivity contribution in [2.24, 2.45) is 0 Å². The maximum absolute atomic E-state index is 12.8. The summed E-state index contributed by atoms with van der Waals surface area (Å²) in [6, 6.07) is 16.2. The van der Waals surface area contributed by atoms with E-state index >= 15 is 0 Å². The lowest BCUT2D eigenvalue weighted by atomic mass is 9.96. The number of aromatic hydroxyl groups is 1. The molecule has 4 rings (SSSR count). The molecule has 1 aliphatic rings. The highest BCUT2D eigenvalue weighted by atomic mass is 35.5. The molecule has 1 heterocycles. The molecule has 1 aliphatic heterocycles. The lowest BCUT2D eigenvalue weighted by Gasteiger charge is -2.33. The quantitative estimate of drug-likeness (QED) is 0.401. The van der Waals surface area contributed by atoms with Gasteiger partial charge in [-0.2, -0.15) is 10.5 Å². The number of imide groups is 1. The summed E-state index contributed by atoms with van der Waals surface area (Å²) in [4.78, 5) is 31.2. The van der Waals surface area contributed by atoms with E-state index in [2.05, 4.69) is 0 Å². The molecule has 2 amide bonds. The molecule has 0 spiro atoms. The fourth-order valence-corrected chi connectivity index (χ4v) is 4.17. The van der Waals surface area contributed by atoms with Crippen LogP contribution in [0.15, 0.2) is 48.5 Å². The summed E-state index contributed by atoms with van der Waals surface area (Å²) in [5.74, 6) is -2.25. The fourth-order valence-electron chi connectivity index (χ4n) is 3.64. The highest BCUT2D eigenvalue weighted by Crippen LogP contribution is 2.46. The van der Waals surface area contributed by atoms with Gasteiger partial charge in [0, 0.05) is 5.02 Å². The Morgan fingerprint density at radius 1 is 0.917 bits per heavy atom. The van der Waals surface area contributed by atoms with Crippen molar-refractivity contribution in [3.05, 3.63) is 91.4 Å². The number of ether oxygens (including phenoxy) is 1. The molecule has 11 heteroatoms. The smallest absolute Gasteiger partial charge is 0.285 e. The van der Waals surface area contributed by atoms with Gasteiger partial charge in [0.25, 0.3) is 11.8 Å². The second kappa shape index (κ2) is 9.69. The number of phenols is 1. The Labute approximate surface area is 220 Å². The molecule has 0 radical (unpaired) electrons. The third-order valence-corrected chi connectivity index (χ3v) is 6.62. The van der Waals surface area contributed by atoms with Gasteiger partial charge in [0.05, 0.1) is 11.1 Å². The molecule has 1 N–H and O–H groups in total. The SMILES string of the molecule is CC(CON1C(=O)c2ccccc2C1=O)(Oc1c(Cl)c(Cl)c(O)c(C#N)c1C#N)c1ccc(Cl)cc1. The van der Waals surface area contributed by atoms with Crippen LogP contribution in [0.4, 0.5) is 0 Å². The molecule has 0 aromatic heterocycles. The molecule has 180 valence electrons. The lowest BCUT2D eigenvalue weighted by molar-refractivity contribution is -0.137. The van der Waals surface area contributed by atoms with Gasteiger partial charge in [-0.1, -0.05) is 59.1 Å². The van der Waals surface area contributed by atoms with Gasteiger partial charge in [0.1, 0.15) is 39.9 Å². The van der Waals surface area contributed by atoms with Crippen molar-refractivity contribution in [2.75, 3.05) is 6.61 Å². The average molecular weight is 543 g/mol. The third kappa shape index (κ3) is 4.21. The predicted octanol–water partition coefficient (Wildman–Crippen LogP) is 5.62. The van der Waals surface area contributed by atoms with Crippen LogP contribution < -0.4 is 4.74 Å². The van der Waals surface area contributed by atoms with Crippen molar-refractivity contribution in [3.63, 3.8) is 0 Å². The number of carbonyl (C=O) groups excluding carboxylic acids is 2. The zero-order chi connectivity index (χ0) is 26.2. The Kier molecular flexibility index (Phi) is 6.81. The Morgan fingerprint density at radius 3 is 2.00 bits per heavy atom. The molecule has 0 saturated carbocycles. The molecule has 8 nitrogen and oxygen atoms in total. The average Bonchev–Trinajstić information content (AvgIpc) is 3.12.